The molecule has 1 heterocycles. The van der Waals surface area contributed by atoms with Crippen LogP contribution in [-0.4, -0.2) is 30.6 Å². The molecule has 0 atom stereocenters. The van der Waals surface area contributed by atoms with Gasteiger partial charge in [0.25, 0.3) is 5.78 Å². The zero-order valence-electron chi connectivity index (χ0n) is 11.5. The Balaban J connectivity index is 2.80. The molecule has 0 aliphatic rings. The second-order valence-electron chi connectivity index (χ2n) is 4.27. The highest BCUT2D eigenvalue weighted by Gasteiger charge is 2.43. The van der Waals surface area contributed by atoms with E-state index in [4.69, 9.17) is 11.2 Å². The average molecular weight is 308 g/mol. The van der Waals surface area contributed by atoms with Gasteiger partial charge >= 0.3 is 6.18 Å². The van der Waals surface area contributed by atoms with Crippen molar-refractivity contribution in [3.05, 3.63) is 29.8 Å². The van der Waals surface area contributed by atoms with Crippen molar-refractivity contribution in [3.63, 3.8) is 0 Å². The summed E-state index contributed by atoms with van der Waals surface area (Å²) >= 11 is 0. The van der Waals surface area contributed by atoms with E-state index in [9.17, 15) is 18.0 Å². The maximum Gasteiger partial charge on any atom is 0.455 e. The largest absolute Gasteiger partial charge is 0.480 e. The topological polar surface area (TPSA) is 51.2 Å². The third-order valence-electron chi connectivity index (χ3n) is 2.90. The van der Waals surface area contributed by atoms with Gasteiger partial charge in [-0.1, -0.05) is 24.1 Å². The van der Waals surface area contributed by atoms with Gasteiger partial charge in [-0.25, -0.2) is 4.98 Å². The van der Waals surface area contributed by atoms with Crippen molar-refractivity contribution in [3.8, 4) is 18.2 Å². The minimum atomic E-state index is -5.05. The second kappa shape index (κ2) is 5.93. The molecule has 0 fully saturated rings. The molecule has 0 spiro atoms. The molecule has 0 aliphatic carbocycles. The summed E-state index contributed by atoms with van der Waals surface area (Å²) < 4.78 is 43.4. The van der Waals surface area contributed by atoms with Crippen LogP contribution < -0.4 is 10.1 Å². The number of alkyl halides is 3. The number of anilines is 1. The molecule has 1 aromatic heterocycles. The van der Waals surface area contributed by atoms with Crippen LogP contribution in [0.2, 0.25) is 0 Å². The van der Waals surface area contributed by atoms with E-state index in [2.05, 4.69) is 16.2 Å². The van der Waals surface area contributed by atoms with Crippen LogP contribution in [0.25, 0.3) is 10.9 Å². The number of benzene rings is 1. The Bertz CT molecular complexity index is 764. The fourth-order valence-corrected chi connectivity index (χ4v) is 2.01. The SMILES string of the molecule is C#CCNc1c(C(=O)C(F)(F)F)c(OC)nc2ccccc12. The van der Waals surface area contributed by atoms with Gasteiger partial charge in [0.05, 0.1) is 24.9 Å². The Morgan fingerprint density at radius 2 is 2.09 bits per heavy atom. The summed E-state index contributed by atoms with van der Waals surface area (Å²) in [5.74, 6) is -0.184. The lowest BCUT2D eigenvalue weighted by atomic mass is 10.0. The standard InChI is InChI=1S/C15H11F3N2O2/c1-3-8-19-12-9-6-4-5-7-10(9)20-14(22-2)11(12)13(21)15(16,17)18/h1,4-7H,8H2,2H3,(H,19,20). The van der Waals surface area contributed by atoms with Crippen molar-refractivity contribution in [1.29, 1.82) is 0 Å². The van der Waals surface area contributed by atoms with Gasteiger partial charge in [0, 0.05) is 5.39 Å². The number of ether oxygens (including phenoxy) is 1. The molecule has 4 nitrogen and oxygen atoms in total. The van der Waals surface area contributed by atoms with Crippen LogP contribution in [0.4, 0.5) is 18.9 Å². The first-order valence-electron chi connectivity index (χ1n) is 6.15. The average Bonchev–Trinajstić information content (AvgIpc) is 2.49. The lowest BCUT2D eigenvalue weighted by Crippen LogP contribution is -2.25. The van der Waals surface area contributed by atoms with Gasteiger partial charge < -0.3 is 10.1 Å². The fourth-order valence-electron chi connectivity index (χ4n) is 2.01. The first-order valence-corrected chi connectivity index (χ1v) is 6.15. The molecule has 0 saturated carbocycles. The Hall–Kier alpha value is -2.75. The first kappa shape index (κ1) is 15.6. The Morgan fingerprint density at radius 3 is 2.68 bits per heavy atom. The van der Waals surface area contributed by atoms with Crippen molar-refractivity contribution < 1.29 is 22.7 Å². The van der Waals surface area contributed by atoms with Crippen LogP contribution >= 0.6 is 0 Å². The molecule has 0 unspecified atom stereocenters. The van der Waals surface area contributed by atoms with Crippen molar-refractivity contribution in [2.75, 3.05) is 19.0 Å². The second-order valence-corrected chi connectivity index (χ2v) is 4.27. The molecule has 0 radical (unpaired) electrons. The quantitative estimate of drug-likeness (QED) is 0.697. The molecule has 0 aliphatic heterocycles. The maximum absolute atomic E-state index is 12.9. The summed E-state index contributed by atoms with van der Waals surface area (Å²) in [5, 5.41) is 3.01. The summed E-state index contributed by atoms with van der Waals surface area (Å²) in [7, 11) is 1.15. The zero-order chi connectivity index (χ0) is 16.3. The molecule has 2 rings (SSSR count). The highest BCUT2D eigenvalue weighted by molar-refractivity contribution is 6.12. The predicted octanol–water partition coefficient (Wildman–Crippen LogP) is 3.03. The number of hydrogen-bond donors (Lipinski definition) is 1. The van der Waals surface area contributed by atoms with Gasteiger partial charge in [0.1, 0.15) is 5.56 Å². The Morgan fingerprint density at radius 1 is 1.41 bits per heavy atom. The number of hydrogen-bond acceptors (Lipinski definition) is 4. The van der Waals surface area contributed by atoms with Crippen molar-refractivity contribution in [2.24, 2.45) is 0 Å². The number of carbonyl (C=O) groups excluding carboxylic acids is 1. The molecular formula is C15H11F3N2O2. The van der Waals surface area contributed by atoms with Gasteiger partial charge in [-0.05, 0) is 6.07 Å². The van der Waals surface area contributed by atoms with E-state index < -0.39 is 23.4 Å². The van der Waals surface area contributed by atoms with Gasteiger partial charge in [0.15, 0.2) is 0 Å². The number of nitrogens with one attached hydrogen (secondary N) is 1. The predicted molar refractivity (Wildman–Crippen MR) is 76.0 cm³/mol. The number of halogens is 3. The van der Waals surface area contributed by atoms with E-state index >= 15 is 0 Å². The molecule has 22 heavy (non-hydrogen) atoms. The minimum Gasteiger partial charge on any atom is -0.480 e. The molecular weight excluding hydrogens is 297 g/mol. The summed E-state index contributed by atoms with van der Waals surface area (Å²) in [6, 6.07) is 6.44. The monoisotopic (exact) mass is 308 g/mol. The fraction of sp³-hybridized carbons (Fsp3) is 0.200. The number of para-hydroxylation sites is 1. The maximum atomic E-state index is 12.9. The first-order chi connectivity index (χ1) is 10.4. The molecule has 114 valence electrons. The molecule has 7 heteroatoms. The smallest absolute Gasteiger partial charge is 0.455 e. The normalized spacial score (nSPS) is 11.0. The molecule has 2 aromatic rings. The van der Waals surface area contributed by atoms with Crippen LogP contribution in [0.3, 0.4) is 0 Å². The molecule has 1 N–H and O–H groups in total. The van der Waals surface area contributed by atoms with E-state index in [1.807, 2.05) is 0 Å². The van der Waals surface area contributed by atoms with Crippen molar-refractivity contribution in [1.82, 2.24) is 4.98 Å². The third kappa shape index (κ3) is 2.81. The third-order valence-corrected chi connectivity index (χ3v) is 2.90. The molecule has 0 amide bonds. The molecule has 0 saturated heterocycles. The van der Waals surface area contributed by atoms with E-state index in [0.717, 1.165) is 7.11 Å². The van der Waals surface area contributed by atoms with Crippen LogP contribution in [0, 0.1) is 12.3 Å². The number of ketones is 1. The van der Waals surface area contributed by atoms with E-state index in [1.165, 1.54) is 0 Å². The highest BCUT2D eigenvalue weighted by Crippen LogP contribution is 2.36. The lowest BCUT2D eigenvalue weighted by Gasteiger charge is -2.16. The molecule has 1 aromatic carbocycles. The van der Waals surface area contributed by atoms with Crippen molar-refractivity contribution >= 4 is 22.4 Å². The molecule has 0 bridgehead atoms. The summed E-state index contributed by atoms with van der Waals surface area (Å²) in [4.78, 5) is 15.7. The number of methoxy groups -OCH3 is 1. The van der Waals surface area contributed by atoms with Crippen molar-refractivity contribution in [2.45, 2.75) is 6.18 Å². The number of terminal acetylenes is 1. The summed E-state index contributed by atoms with van der Waals surface area (Å²) in [6.07, 6.45) is 0.0848. The van der Waals surface area contributed by atoms with Gasteiger partial charge in [-0.15, -0.1) is 6.42 Å². The zero-order valence-corrected chi connectivity index (χ0v) is 11.5. The lowest BCUT2D eigenvalue weighted by molar-refractivity contribution is -0.0886. The van der Waals surface area contributed by atoms with Gasteiger partial charge in [0.2, 0.25) is 5.88 Å². The van der Waals surface area contributed by atoms with E-state index in [-0.39, 0.29) is 12.2 Å². The van der Waals surface area contributed by atoms with Crippen LogP contribution in [0.15, 0.2) is 24.3 Å². The minimum absolute atomic E-state index is 0.0391. The van der Waals surface area contributed by atoms with Crippen LogP contribution in [0.1, 0.15) is 10.4 Å². The van der Waals surface area contributed by atoms with Gasteiger partial charge in [-0.2, -0.15) is 13.2 Å². The number of carbonyl (C=O) groups is 1. The number of fused-ring (bicyclic) bond motifs is 1. The number of Topliss-reactive ketones (excluding diaryl/α,β-unsaturated/α-hetero) is 1. The number of nitrogens with zero attached hydrogens (tertiary/aromatic N) is 1. The Kier molecular flexibility index (Phi) is 4.22. The number of pyridine rings is 1. The highest BCUT2D eigenvalue weighted by atomic mass is 19.4. The van der Waals surface area contributed by atoms with E-state index in [1.54, 1.807) is 24.3 Å². The van der Waals surface area contributed by atoms with Gasteiger partial charge in [-0.3, -0.25) is 4.79 Å². The number of rotatable bonds is 4. The van der Waals surface area contributed by atoms with E-state index in [0.29, 0.717) is 10.9 Å². The summed E-state index contributed by atoms with van der Waals surface area (Å²) in [6.45, 7) is -0.0463. The van der Waals surface area contributed by atoms with Crippen LogP contribution in [-0.2, 0) is 0 Å². The van der Waals surface area contributed by atoms with Crippen LogP contribution in [0.5, 0.6) is 5.88 Å². The number of aromatic nitrogens is 1. The Labute approximate surface area is 124 Å². The summed E-state index contributed by atoms with van der Waals surface area (Å²) in [5.41, 5.74) is -0.329.